The molecule has 0 aliphatic heterocycles. The number of hydrogen-bond acceptors (Lipinski definition) is 5. The van der Waals surface area contributed by atoms with E-state index >= 15 is 0 Å². The minimum atomic E-state index is -3.15. The molecule has 1 aromatic heterocycles. The zero-order valence-electron chi connectivity index (χ0n) is 17.2. The summed E-state index contributed by atoms with van der Waals surface area (Å²) in [5, 5.41) is 9.66. The first-order valence-corrected chi connectivity index (χ1v) is 12.1. The predicted octanol–water partition coefficient (Wildman–Crippen LogP) is 3.14. The lowest BCUT2D eigenvalue weighted by molar-refractivity contribution is 0.571. The van der Waals surface area contributed by atoms with Crippen molar-refractivity contribution in [2.75, 3.05) is 19.3 Å². The maximum absolute atomic E-state index is 11.5. The Morgan fingerprint density at radius 2 is 1.86 bits per heavy atom. The molecule has 0 bridgehead atoms. The zero-order valence-corrected chi connectivity index (χ0v) is 18.9. The van der Waals surface area contributed by atoms with Gasteiger partial charge in [0.1, 0.15) is 5.01 Å². The molecule has 1 aromatic carbocycles. The van der Waals surface area contributed by atoms with Crippen molar-refractivity contribution in [3.05, 3.63) is 45.9 Å². The van der Waals surface area contributed by atoms with Crippen molar-refractivity contribution in [3.63, 3.8) is 0 Å². The molecule has 0 saturated heterocycles. The summed E-state index contributed by atoms with van der Waals surface area (Å²) < 4.78 is 23.0. The summed E-state index contributed by atoms with van der Waals surface area (Å²) in [5.41, 5.74) is 2.22. The van der Waals surface area contributed by atoms with Gasteiger partial charge in [-0.25, -0.2) is 18.4 Å². The van der Waals surface area contributed by atoms with Crippen LogP contribution in [0.25, 0.3) is 0 Å². The van der Waals surface area contributed by atoms with Crippen LogP contribution in [0.4, 0.5) is 0 Å². The van der Waals surface area contributed by atoms with E-state index in [4.69, 9.17) is 0 Å². The third-order valence-corrected chi connectivity index (χ3v) is 6.06. The largest absolute Gasteiger partial charge is 0.357 e. The van der Waals surface area contributed by atoms with Crippen molar-refractivity contribution in [2.45, 2.75) is 51.0 Å². The lowest BCUT2D eigenvalue weighted by atomic mass is 9.93. The van der Waals surface area contributed by atoms with Crippen LogP contribution >= 0.6 is 11.3 Å². The first-order chi connectivity index (χ1) is 13.1. The molecule has 2 rings (SSSR count). The van der Waals surface area contributed by atoms with Gasteiger partial charge in [0.25, 0.3) is 0 Å². The molecule has 2 N–H and O–H groups in total. The van der Waals surface area contributed by atoms with Gasteiger partial charge in [-0.15, -0.1) is 11.3 Å². The van der Waals surface area contributed by atoms with E-state index in [0.29, 0.717) is 18.0 Å². The molecule has 0 unspecified atom stereocenters. The average molecular weight is 423 g/mol. The minimum Gasteiger partial charge on any atom is -0.357 e. The molecule has 28 heavy (non-hydrogen) atoms. The van der Waals surface area contributed by atoms with Crippen LogP contribution in [0.3, 0.4) is 0 Å². The van der Waals surface area contributed by atoms with Crippen LogP contribution in [0.5, 0.6) is 0 Å². The number of nitrogens with one attached hydrogen (secondary N) is 2. The van der Waals surface area contributed by atoms with Crippen LogP contribution < -0.4 is 10.6 Å². The molecule has 0 atom stereocenters. The SMILES string of the molecule is CCNC(=NCc1nc(C(C)(C)C)cs1)NCCc1ccc(S(C)(=O)=O)cc1. The summed E-state index contributed by atoms with van der Waals surface area (Å²) in [7, 11) is -3.15. The van der Waals surface area contributed by atoms with Gasteiger partial charge in [0.05, 0.1) is 17.1 Å². The van der Waals surface area contributed by atoms with Crippen LogP contribution in [0.15, 0.2) is 39.5 Å². The molecule has 0 spiro atoms. The molecular weight excluding hydrogens is 392 g/mol. The molecular formula is C20H30N4O2S2. The standard InChI is InChI=1S/C20H30N4O2S2/c1-6-21-19(23-13-18-24-17(14-27-18)20(2,3)4)22-12-11-15-7-9-16(10-8-15)28(5,25)26/h7-10,14H,6,11-13H2,1-5H3,(H2,21,22,23). The van der Waals surface area contributed by atoms with Gasteiger partial charge < -0.3 is 10.6 Å². The van der Waals surface area contributed by atoms with E-state index in [2.05, 4.69) is 46.8 Å². The fraction of sp³-hybridized carbons (Fsp3) is 0.500. The summed E-state index contributed by atoms with van der Waals surface area (Å²) in [4.78, 5) is 9.64. The summed E-state index contributed by atoms with van der Waals surface area (Å²) in [6, 6.07) is 7.01. The fourth-order valence-electron chi connectivity index (χ4n) is 2.44. The van der Waals surface area contributed by atoms with Gasteiger partial charge >= 0.3 is 0 Å². The van der Waals surface area contributed by atoms with Crippen molar-refractivity contribution >= 4 is 27.1 Å². The number of aliphatic imine (C=N–C) groups is 1. The highest BCUT2D eigenvalue weighted by Crippen LogP contribution is 2.24. The number of benzene rings is 1. The van der Waals surface area contributed by atoms with E-state index in [1.807, 2.05) is 19.1 Å². The first-order valence-electron chi connectivity index (χ1n) is 9.35. The maximum Gasteiger partial charge on any atom is 0.191 e. The van der Waals surface area contributed by atoms with E-state index < -0.39 is 9.84 Å². The topological polar surface area (TPSA) is 83.4 Å². The number of aromatic nitrogens is 1. The summed E-state index contributed by atoms with van der Waals surface area (Å²) in [6.45, 7) is 10.5. The second-order valence-corrected chi connectivity index (χ2v) is 10.6. The van der Waals surface area contributed by atoms with Crippen molar-refractivity contribution in [2.24, 2.45) is 4.99 Å². The van der Waals surface area contributed by atoms with Crippen LogP contribution in [0, 0.1) is 0 Å². The van der Waals surface area contributed by atoms with Crippen LogP contribution in [0.2, 0.25) is 0 Å². The predicted molar refractivity (Wildman–Crippen MR) is 117 cm³/mol. The lowest BCUT2D eigenvalue weighted by Gasteiger charge is -2.14. The van der Waals surface area contributed by atoms with E-state index in [0.717, 1.165) is 35.2 Å². The Bertz CT molecular complexity index is 895. The quantitative estimate of drug-likeness (QED) is 0.529. The fourth-order valence-corrected chi connectivity index (χ4v) is 4.02. The number of rotatable bonds is 7. The Kier molecular flexibility index (Phi) is 7.60. The van der Waals surface area contributed by atoms with Gasteiger partial charge in [-0.3, -0.25) is 0 Å². The van der Waals surface area contributed by atoms with Gasteiger partial charge in [0, 0.05) is 30.1 Å². The number of nitrogens with zero attached hydrogens (tertiary/aromatic N) is 2. The van der Waals surface area contributed by atoms with Crippen LogP contribution in [0.1, 0.15) is 44.0 Å². The molecule has 154 valence electrons. The third-order valence-electron chi connectivity index (χ3n) is 4.09. The number of hydrogen-bond donors (Lipinski definition) is 2. The number of guanidine groups is 1. The normalized spacial score (nSPS) is 12.8. The van der Waals surface area contributed by atoms with E-state index in [-0.39, 0.29) is 5.41 Å². The molecule has 8 heteroatoms. The Morgan fingerprint density at radius 3 is 2.39 bits per heavy atom. The van der Waals surface area contributed by atoms with Crippen molar-refractivity contribution in [3.8, 4) is 0 Å². The van der Waals surface area contributed by atoms with Gasteiger partial charge in [-0.1, -0.05) is 32.9 Å². The molecule has 0 aliphatic carbocycles. The van der Waals surface area contributed by atoms with Gasteiger partial charge in [-0.05, 0) is 31.0 Å². The highest BCUT2D eigenvalue weighted by Gasteiger charge is 2.17. The zero-order chi connectivity index (χ0) is 20.8. The minimum absolute atomic E-state index is 0.0495. The second kappa shape index (κ2) is 9.52. The van der Waals surface area contributed by atoms with Crippen molar-refractivity contribution in [1.82, 2.24) is 15.6 Å². The Morgan fingerprint density at radius 1 is 1.18 bits per heavy atom. The Labute approximate surface area is 172 Å². The summed E-state index contributed by atoms with van der Waals surface area (Å²) >= 11 is 1.64. The monoisotopic (exact) mass is 422 g/mol. The molecule has 0 aliphatic rings. The van der Waals surface area contributed by atoms with Crippen molar-refractivity contribution in [1.29, 1.82) is 0 Å². The molecule has 2 aromatic rings. The molecule has 6 nitrogen and oxygen atoms in total. The maximum atomic E-state index is 11.5. The van der Waals surface area contributed by atoms with Crippen molar-refractivity contribution < 1.29 is 8.42 Å². The third kappa shape index (κ3) is 6.91. The smallest absolute Gasteiger partial charge is 0.191 e. The van der Waals surface area contributed by atoms with Gasteiger partial charge in [-0.2, -0.15) is 0 Å². The molecule has 0 fully saturated rings. The molecule has 0 radical (unpaired) electrons. The number of sulfone groups is 1. The Hall–Kier alpha value is -1.93. The van der Waals surface area contributed by atoms with Crippen LogP contribution in [-0.2, 0) is 28.2 Å². The Balaban J connectivity index is 1.91. The van der Waals surface area contributed by atoms with E-state index in [9.17, 15) is 8.42 Å². The number of thiazole rings is 1. The molecule has 0 saturated carbocycles. The summed E-state index contributed by atoms with van der Waals surface area (Å²) in [5.74, 6) is 0.753. The highest BCUT2D eigenvalue weighted by molar-refractivity contribution is 7.90. The lowest BCUT2D eigenvalue weighted by Crippen LogP contribution is -2.38. The molecule has 0 amide bonds. The van der Waals surface area contributed by atoms with Gasteiger partial charge in [0.2, 0.25) is 0 Å². The van der Waals surface area contributed by atoms with E-state index in [1.54, 1.807) is 23.5 Å². The van der Waals surface area contributed by atoms with Gasteiger partial charge in [0.15, 0.2) is 15.8 Å². The second-order valence-electron chi connectivity index (χ2n) is 7.66. The van der Waals surface area contributed by atoms with Crippen LogP contribution in [-0.4, -0.2) is 38.7 Å². The summed E-state index contributed by atoms with van der Waals surface area (Å²) in [6.07, 6.45) is 2.00. The molecule has 1 heterocycles. The average Bonchev–Trinajstić information content (AvgIpc) is 3.09. The first kappa shape index (κ1) is 22.4. The highest BCUT2D eigenvalue weighted by atomic mass is 32.2. The van der Waals surface area contributed by atoms with E-state index in [1.165, 1.54) is 6.26 Å².